The minimum Gasteiger partial charge on any atom is -0.480 e. The molecule has 5 nitrogen and oxygen atoms in total. The number of benzene rings is 1. The van der Waals surface area contributed by atoms with Crippen LogP contribution in [0.25, 0.3) is 11.1 Å². The number of carboxylic acids is 1. The third kappa shape index (κ3) is 1.78. The maximum Gasteiger partial charge on any atom is 0.325 e. The van der Waals surface area contributed by atoms with Crippen LogP contribution in [0.3, 0.4) is 0 Å². The average Bonchev–Trinajstić information content (AvgIpc) is 3.07. The van der Waals surface area contributed by atoms with Crippen molar-refractivity contribution in [1.29, 1.82) is 0 Å². The van der Waals surface area contributed by atoms with Crippen LogP contribution in [0.2, 0.25) is 0 Å². The van der Waals surface area contributed by atoms with E-state index in [4.69, 9.17) is 15.3 Å². The Morgan fingerprint density at radius 1 is 1.53 bits per heavy atom. The standard InChI is InChI=1S/C12H12N2O3/c13-10(12(15)16)7-3-4-8-9(5-7)17-11(14-8)6-1-2-6/h3-6,10H,1-2,13H2,(H,15,16). The van der Waals surface area contributed by atoms with Crippen LogP contribution in [0.5, 0.6) is 0 Å². The molecule has 1 fully saturated rings. The number of hydrogen-bond donors (Lipinski definition) is 2. The molecule has 0 bridgehead atoms. The highest BCUT2D eigenvalue weighted by Gasteiger charge is 2.29. The molecule has 1 heterocycles. The summed E-state index contributed by atoms with van der Waals surface area (Å²) in [6.45, 7) is 0. The molecule has 3 N–H and O–H groups in total. The summed E-state index contributed by atoms with van der Waals surface area (Å²) in [6, 6.07) is 4.07. The fourth-order valence-electron chi connectivity index (χ4n) is 1.80. The third-order valence-electron chi connectivity index (χ3n) is 2.98. The molecule has 1 aliphatic carbocycles. The third-order valence-corrected chi connectivity index (χ3v) is 2.98. The lowest BCUT2D eigenvalue weighted by atomic mass is 10.1. The van der Waals surface area contributed by atoms with Gasteiger partial charge in [0.1, 0.15) is 11.6 Å². The second-order valence-electron chi connectivity index (χ2n) is 4.37. The molecule has 1 aromatic carbocycles. The first-order valence-electron chi connectivity index (χ1n) is 5.54. The number of carboxylic acid groups (broad SMARTS) is 1. The van der Waals surface area contributed by atoms with E-state index < -0.39 is 12.0 Å². The molecule has 1 aliphatic rings. The summed E-state index contributed by atoms with van der Waals surface area (Å²) in [5.41, 5.74) is 7.45. The van der Waals surface area contributed by atoms with Crippen molar-refractivity contribution in [2.75, 3.05) is 0 Å². The Kier molecular flexibility index (Phi) is 2.16. The zero-order valence-electron chi connectivity index (χ0n) is 9.09. The highest BCUT2D eigenvalue weighted by Crippen LogP contribution is 2.40. The minimum absolute atomic E-state index is 0.444. The largest absolute Gasteiger partial charge is 0.480 e. The molecule has 0 spiro atoms. The Bertz CT molecular complexity index is 586. The van der Waals surface area contributed by atoms with Crippen LogP contribution in [0.1, 0.15) is 36.3 Å². The monoisotopic (exact) mass is 232 g/mol. The topological polar surface area (TPSA) is 89.4 Å². The fourth-order valence-corrected chi connectivity index (χ4v) is 1.80. The molecule has 5 heteroatoms. The summed E-state index contributed by atoms with van der Waals surface area (Å²) < 4.78 is 5.60. The quantitative estimate of drug-likeness (QED) is 0.842. The van der Waals surface area contributed by atoms with Crippen molar-refractivity contribution in [3.63, 3.8) is 0 Å². The molecule has 3 rings (SSSR count). The lowest BCUT2D eigenvalue weighted by molar-refractivity contribution is -0.138. The number of hydrogen-bond acceptors (Lipinski definition) is 4. The minimum atomic E-state index is -1.05. The van der Waals surface area contributed by atoms with Gasteiger partial charge in [-0.15, -0.1) is 0 Å². The van der Waals surface area contributed by atoms with Crippen molar-refractivity contribution < 1.29 is 14.3 Å². The first-order valence-corrected chi connectivity index (χ1v) is 5.54. The van der Waals surface area contributed by atoms with Gasteiger partial charge in [0.05, 0.1) is 0 Å². The molecule has 1 saturated carbocycles. The van der Waals surface area contributed by atoms with Gasteiger partial charge in [-0.05, 0) is 30.5 Å². The molecule has 0 saturated heterocycles. The summed E-state index contributed by atoms with van der Waals surface area (Å²) in [5, 5.41) is 8.84. The van der Waals surface area contributed by atoms with Crippen LogP contribution in [0.15, 0.2) is 22.6 Å². The lowest BCUT2D eigenvalue weighted by Gasteiger charge is -2.05. The maximum atomic E-state index is 10.8. The Balaban J connectivity index is 2.02. The number of nitrogens with two attached hydrogens (primary N) is 1. The van der Waals surface area contributed by atoms with Crippen molar-refractivity contribution in [2.45, 2.75) is 24.8 Å². The van der Waals surface area contributed by atoms with E-state index in [9.17, 15) is 4.79 Å². The van der Waals surface area contributed by atoms with Crippen LogP contribution in [0.4, 0.5) is 0 Å². The van der Waals surface area contributed by atoms with E-state index in [0.717, 1.165) is 24.2 Å². The van der Waals surface area contributed by atoms with Gasteiger partial charge in [-0.25, -0.2) is 4.98 Å². The predicted molar refractivity (Wildman–Crippen MR) is 60.5 cm³/mol. The van der Waals surface area contributed by atoms with Gasteiger partial charge >= 0.3 is 5.97 Å². The van der Waals surface area contributed by atoms with E-state index in [1.807, 2.05) is 0 Å². The van der Waals surface area contributed by atoms with Gasteiger partial charge in [-0.3, -0.25) is 4.79 Å². The highest BCUT2D eigenvalue weighted by molar-refractivity contribution is 5.79. The molecular formula is C12H12N2O3. The molecule has 0 radical (unpaired) electrons. The molecule has 1 unspecified atom stereocenters. The Morgan fingerprint density at radius 2 is 2.29 bits per heavy atom. The Morgan fingerprint density at radius 3 is 2.94 bits per heavy atom. The van der Waals surface area contributed by atoms with Gasteiger partial charge in [0, 0.05) is 5.92 Å². The molecule has 1 atom stereocenters. The first kappa shape index (κ1) is 10.3. The van der Waals surface area contributed by atoms with Gasteiger partial charge in [0.15, 0.2) is 11.5 Å². The second kappa shape index (κ2) is 3.56. The van der Waals surface area contributed by atoms with Gasteiger partial charge in [0.25, 0.3) is 0 Å². The van der Waals surface area contributed by atoms with Crippen LogP contribution >= 0.6 is 0 Å². The zero-order chi connectivity index (χ0) is 12.0. The van der Waals surface area contributed by atoms with Gasteiger partial charge in [0.2, 0.25) is 0 Å². The summed E-state index contributed by atoms with van der Waals surface area (Å²) in [7, 11) is 0. The van der Waals surface area contributed by atoms with E-state index >= 15 is 0 Å². The van der Waals surface area contributed by atoms with Crippen molar-refractivity contribution >= 4 is 17.1 Å². The van der Waals surface area contributed by atoms with E-state index in [1.165, 1.54) is 0 Å². The van der Waals surface area contributed by atoms with E-state index in [1.54, 1.807) is 18.2 Å². The van der Waals surface area contributed by atoms with Gasteiger partial charge in [-0.2, -0.15) is 0 Å². The molecule has 0 aliphatic heterocycles. The molecule has 17 heavy (non-hydrogen) atoms. The molecule has 1 aromatic heterocycles. The number of nitrogens with zero attached hydrogens (tertiary/aromatic N) is 1. The smallest absolute Gasteiger partial charge is 0.325 e. The predicted octanol–water partition coefficient (Wildman–Crippen LogP) is 1.79. The number of fused-ring (bicyclic) bond motifs is 1. The highest BCUT2D eigenvalue weighted by atomic mass is 16.4. The normalized spacial score (nSPS) is 17.2. The first-order chi connectivity index (χ1) is 8.15. The summed E-state index contributed by atoms with van der Waals surface area (Å²) in [4.78, 5) is 15.2. The second-order valence-corrected chi connectivity index (χ2v) is 4.37. The molecule has 2 aromatic rings. The fraction of sp³-hybridized carbons (Fsp3) is 0.333. The average molecular weight is 232 g/mol. The SMILES string of the molecule is NC(C(=O)O)c1ccc2nc(C3CC3)oc2c1. The van der Waals surface area contributed by atoms with Crippen molar-refractivity contribution in [2.24, 2.45) is 5.73 Å². The van der Waals surface area contributed by atoms with Crippen molar-refractivity contribution in [3.05, 3.63) is 29.7 Å². The van der Waals surface area contributed by atoms with Crippen molar-refractivity contribution in [1.82, 2.24) is 4.98 Å². The number of aromatic nitrogens is 1. The Hall–Kier alpha value is -1.88. The van der Waals surface area contributed by atoms with Crippen LogP contribution < -0.4 is 5.73 Å². The molecule has 0 amide bonds. The van der Waals surface area contributed by atoms with E-state index in [2.05, 4.69) is 4.98 Å². The van der Waals surface area contributed by atoms with E-state index in [-0.39, 0.29) is 0 Å². The van der Waals surface area contributed by atoms with Gasteiger partial charge < -0.3 is 15.3 Å². The van der Waals surface area contributed by atoms with Crippen molar-refractivity contribution in [3.8, 4) is 0 Å². The zero-order valence-corrected chi connectivity index (χ0v) is 9.09. The maximum absolute atomic E-state index is 10.8. The van der Waals surface area contributed by atoms with Crippen LogP contribution in [-0.4, -0.2) is 16.1 Å². The van der Waals surface area contributed by atoms with Gasteiger partial charge in [-0.1, -0.05) is 6.07 Å². The number of aliphatic carboxylic acids is 1. The molecular weight excluding hydrogens is 220 g/mol. The number of oxazole rings is 1. The molecule has 88 valence electrons. The summed E-state index contributed by atoms with van der Waals surface area (Å²) in [6.07, 6.45) is 2.24. The summed E-state index contributed by atoms with van der Waals surface area (Å²) in [5.74, 6) is 0.145. The van der Waals surface area contributed by atoms with Crippen LogP contribution in [-0.2, 0) is 4.79 Å². The van der Waals surface area contributed by atoms with E-state index in [0.29, 0.717) is 17.1 Å². The Labute approximate surface area is 97.2 Å². The van der Waals surface area contributed by atoms with Crippen LogP contribution in [0, 0.1) is 0 Å². The lowest BCUT2D eigenvalue weighted by Crippen LogP contribution is -2.20. The number of carbonyl (C=O) groups is 1. The number of rotatable bonds is 3. The summed E-state index contributed by atoms with van der Waals surface area (Å²) >= 11 is 0.